The first-order valence-corrected chi connectivity index (χ1v) is 5.42. The van der Waals surface area contributed by atoms with E-state index in [1.807, 2.05) is 0 Å². The van der Waals surface area contributed by atoms with E-state index in [9.17, 15) is 14.9 Å². The summed E-state index contributed by atoms with van der Waals surface area (Å²) in [5.74, 6) is -0.166. The molecule has 6 heteroatoms. The summed E-state index contributed by atoms with van der Waals surface area (Å²) in [5, 5.41) is 10.6. The first-order chi connectivity index (χ1) is 7.06. The highest BCUT2D eigenvalue weighted by Gasteiger charge is 2.19. The minimum atomic E-state index is -0.575. The number of benzene rings is 1. The van der Waals surface area contributed by atoms with Crippen LogP contribution in [0.25, 0.3) is 0 Å². The summed E-state index contributed by atoms with van der Waals surface area (Å²) < 4.78 is 0.631. The van der Waals surface area contributed by atoms with E-state index < -0.39 is 4.92 Å². The number of rotatable bonds is 4. The van der Waals surface area contributed by atoms with Gasteiger partial charge < -0.3 is 0 Å². The molecule has 0 saturated heterocycles. The molecule has 0 aliphatic rings. The average Bonchev–Trinajstić information content (AvgIpc) is 2.17. The SMILES string of the molecule is O=C(CCCl)c1cc(Br)ccc1[N+](=O)[O-]. The van der Waals surface area contributed by atoms with Crippen LogP contribution in [0, 0.1) is 10.1 Å². The van der Waals surface area contributed by atoms with Crippen molar-refractivity contribution in [3.8, 4) is 0 Å². The molecule has 1 aromatic rings. The summed E-state index contributed by atoms with van der Waals surface area (Å²) in [5.41, 5.74) is -0.0941. The highest BCUT2D eigenvalue weighted by molar-refractivity contribution is 9.10. The van der Waals surface area contributed by atoms with E-state index in [1.165, 1.54) is 18.2 Å². The molecule has 0 heterocycles. The minimum absolute atomic E-state index is 0.0926. The van der Waals surface area contributed by atoms with Crippen LogP contribution in [0.5, 0.6) is 0 Å². The molecule has 1 aromatic carbocycles. The predicted octanol–water partition coefficient (Wildman–Crippen LogP) is 3.17. The molecule has 0 saturated carbocycles. The Hall–Kier alpha value is -0.940. The average molecular weight is 293 g/mol. The number of nitro groups is 1. The van der Waals surface area contributed by atoms with Gasteiger partial charge in [0, 0.05) is 22.8 Å². The summed E-state index contributed by atoms with van der Waals surface area (Å²) in [6, 6.07) is 4.26. The van der Waals surface area contributed by atoms with Gasteiger partial charge in [-0.2, -0.15) is 0 Å². The highest BCUT2D eigenvalue weighted by Crippen LogP contribution is 2.24. The van der Waals surface area contributed by atoms with Crippen molar-refractivity contribution in [3.63, 3.8) is 0 Å². The van der Waals surface area contributed by atoms with Gasteiger partial charge in [-0.25, -0.2) is 0 Å². The Morgan fingerprint density at radius 2 is 2.20 bits per heavy atom. The molecule has 4 nitrogen and oxygen atoms in total. The van der Waals surface area contributed by atoms with Crippen molar-refractivity contribution in [1.29, 1.82) is 0 Å². The van der Waals surface area contributed by atoms with E-state index in [2.05, 4.69) is 15.9 Å². The highest BCUT2D eigenvalue weighted by atomic mass is 79.9. The molecular weight excluding hydrogens is 285 g/mol. The van der Waals surface area contributed by atoms with Crippen LogP contribution in [-0.2, 0) is 0 Å². The van der Waals surface area contributed by atoms with Crippen LogP contribution in [0.1, 0.15) is 16.8 Å². The second-order valence-corrected chi connectivity index (χ2v) is 4.07. The zero-order valence-electron chi connectivity index (χ0n) is 7.57. The van der Waals surface area contributed by atoms with E-state index in [0.717, 1.165) is 0 Å². The Labute approximate surface area is 99.5 Å². The van der Waals surface area contributed by atoms with Crippen LogP contribution >= 0.6 is 27.5 Å². The third kappa shape index (κ3) is 3.00. The molecule has 0 radical (unpaired) electrons. The Morgan fingerprint density at radius 1 is 1.53 bits per heavy atom. The monoisotopic (exact) mass is 291 g/mol. The molecule has 0 unspecified atom stereocenters. The van der Waals surface area contributed by atoms with Gasteiger partial charge in [-0.3, -0.25) is 14.9 Å². The molecule has 15 heavy (non-hydrogen) atoms. The fourth-order valence-electron chi connectivity index (χ4n) is 1.11. The van der Waals surface area contributed by atoms with Crippen LogP contribution in [-0.4, -0.2) is 16.6 Å². The van der Waals surface area contributed by atoms with Crippen molar-refractivity contribution < 1.29 is 9.72 Å². The van der Waals surface area contributed by atoms with Gasteiger partial charge >= 0.3 is 0 Å². The maximum Gasteiger partial charge on any atom is 0.280 e. The number of hydrogen-bond donors (Lipinski definition) is 0. The third-order valence-corrected chi connectivity index (χ3v) is 2.46. The maximum atomic E-state index is 11.5. The van der Waals surface area contributed by atoms with Gasteiger partial charge in [-0.1, -0.05) is 15.9 Å². The van der Waals surface area contributed by atoms with E-state index in [4.69, 9.17) is 11.6 Å². The van der Waals surface area contributed by atoms with Crippen LogP contribution in [0.3, 0.4) is 0 Å². The predicted molar refractivity (Wildman–Crippen MR) is 60.5 cm³/mol. The van der Waals surface area contributed by atoms with Crippen molar-refractivity contribution in [2.75, 3.05) is 5.88 Å². The Morgan fingerprint density at radius 3 is 2.73 bits per heavy atom. The normalized spacial score (nSPS) is 10.0. The van der Waals surface area contributed by atoms with E-state index >= 15 is 0 Å². The van der Waals surface area contributed by atoms with E-state index in [-0.39, 0.29) is 29.3 Å². The topological polar surface area (TPSA) is 60.2 Å². The van der Waals surface area contributed by atoms with Crippen LogP contribution < -0.4 is 0 Å². The second-order valence-electron chi connectivity index (χ2n) is 2.78. The number of halogens is 2. The second kappa shape index (κ2) is 5.23. The molecular formula is C9H7BrClNO3. The molecule has 0 aromatic heterocycles. The molecule has 0 bridgehead atoms. The Balaban J connectivity index is 3.18. The maximum absolute atomic E-state index is 11.5. The van der Waals surface area contributed by atoms with Gasteiger partial charge in [-0.15, -0.1) is 11.6 Å². The van der Waals surface area contributed by atoms with E-state index in [0.29, 0.717) is 4.47 Å². The molecule has 0 aliphatic heterocycles. The summed E-state index contributed by atoms with van der Waals surface area (Å²) in [4.78, 5) is 21.6. The molecule has 0 fully saturated rings. The van der Waals surface area contributed by atoms with Crippen LogP contribution in [0.2, 0.25) is 0 Å². The lowest BCUT2D eigenvalue weighted by Crippen LogP contribution is -2.04. The van der Waals surface area contributed by atoms with Gasteiger partial charge in [0.1, 0.15) is 0 Å². The molecule has 0 atom stereocenters. The van der Waals surface area contributed by atoms with Crippen molar-refractivity contribution in [3.05, 3.63) is 38.3 Å². The Bertz CT molecular complexity index is 408. The smallest absolute Gasteiger partial charge is 0.280 e. The van der Waals surface area contributed by atoms with Crippen LogP contribution in [0.15, 0.2) is 22.7 Å². The molecule has 1 rings (SSSR count). The summed E-state index contributed by atoms with van der Waals surface area (Å²) in [6.45, 7) is 0. The summed E-state index contributed by atoms with van der Waals surface area (Å²) in [7, 11) is 0. The largest absolute Gasteiger partial charge is 0.294 e. The third-order valence-electron chi connectivity index (χ3n) is 1.78. The van der Waals surface area contributed by atoms with Gasteiger partial charge in [0.25, 0.3) is 5.69 Å². The minimum Gasteiger partial charge on any atom is -0.294 e. The number of nitro benzene ring substituents is 1. The number of ketones is 1. The number of alkyl halides is 1. The van der Waals surface area contributed by atoms with Crippen molar-refractivity contribution in [2.24, 2.45) is 0 Å². The molecule has 0 N–H and O–H groups in total. The quantitative estimate of drug-likeness (QED) is 0.371. The number of carbonyl (C=O) groups is 1. The van der Waals surface area contributed by atoms with Crippen molar-refractivity contribution in [2.45, 2.75) is 6.42 Å². The van der Waals surface area contributed by atoms with Gasteiger partial charge in [-0.05, 0) is 12.1 Å². The number of hydrogen-bond acceptors (Lipinski definition) is 3. The molecule has 80 valence electrons. The summed E-state index contributed by atoms with van der Waals surface area (Å²) >= 11 is 8.57. The fourth-order valence-corrected chi connectivity index (χ4v) is 1.64. The lowest BCUT2D eigenvalue weighted by Gasteiger charge is -2.01. The number of carbonyl (C=O) groups excluding carboxylic acids is 1. The van der Waals surface area contributed by atoms with E-state index in [1.54, 1.807) is 0 Å². The lowest BCUT2D eigenvalue weighted by atomic mass is 10.1. The molecule has 0 amide bonds. The lowest BCUT2D eigenvalue weighted by molar-refractivity contribution is -0.385. The fraction of sp³-hybridized carbons (Fsp3) is 0.222. The molecule has 0 spiro atoms. The first kappa shape index (κ1) is 12.1. The molecule has 0 aliphatic carbocycles. The first-order valence-electron chi connectivity index (χ1n) is 4.09. The van der Waals surface area contributed by atoms with Gasteiger partial charge in [0.2, 0.25) is 0 Å². The van der Waals surface area contributed by atoms with Crippen LogP contribution in [0.4, 0.5) is 5.69 Å². The number of Topliss-reactive ketones (excluding diaryl/α,β-unsaturated/α-hetero) is 1. The van der Waals surface area contributed by atoms with Crippen molar-refractivity contribution >= 4 is 39.0 Å². The summed E-state index contributed by atoms with van der Waals surface area (Å²) in [6.07, 6.45) is 0.0961. The number of nitrogens with zero attached hydrogens (tertiary/aromatic N) is 1. The zero-order valence-corrected chi connectivity index (χ0v) is 9.92. The van der Waals surface area contributed by atoms with Crippen molar-refractivity contribution in [1.82, 2.24) is 0 Å². The van der Waals surface area contributed by atoms with Gasteiger partial charge in [0.15, 0.2) is 5.78 Å². The Kier molecular flexibility index (Phi) is 4.23. The zero-order chi connectivity index (χ0) is 11.4. The standard InChI is InChI=1S/C9H7BrClNO3/c10-6-1-2-8(12(14)15)7(5-6)9(13)3-4-11/h1-2,5H,3-4H2. The van der Waals surface area contributed by atoms with Gasteiger partial charge in [0.05, 0.1) is 10.5 Å².